The van der Waals surface area contributed by atoms with Crippen molar-refractivity contribution >= 4 is 11.6 Å². The lowest BCUT2D eigenvalue weighted by atomic mass is 10.1. The van der Waals surface area contributed by atoms with Crippen LogP contribution in [0.4, 0.5) is 0 Å². The zero-order chi connectivity index (χ0) is 14.5. The summed E-state index contributed by atoms with van der Waals surface area (Å²) in [6.45, 7) is 4.10. The van der Waals surface area contributed by atoms with Crippen molar-refractivity contribution in [3.8, 4) is 11.5 Å². The maximum absolute atomic E-state index is 6.27. The number of aryl methyl sites for hydroxylation is 1. The molecule has 0 heterocycles. The third kappa shape index (κ3) is 3.99. The summed E-state index contributed by atoms with van der Waals surface area (Å²) in [4.78, 5) is 0. The molecule has 0 spiro atoms. The van der Waals surface area contributed by atoms with Gasteiger partial charge in [0, 0.05) is 6.04 Å². The van der Waals surface area contributed by atoms with Crippen molar-refractivity contribution in [1.29, 1.82) is 0 Å². The van der Waals surface area contributed by atoms with Gasteiger partial charge in [-0.25, -0.2) is 0 Å². The Hall–Kier alpha value is -1.51. The standard InChI is InChI=1S/C17H20ClNO/c1-3-13-5-4-6-15(10-13)20-17-8-7-14(9-12(2)19)11-16(17)18/h4-8,10-12H,3,9,19H2,1-2H3. The summed E-state index contributed by atoms with van der Waals surface area (Å²) < 4.78 is 5.85. The molecular formula is C17H20ClNO. The van der Waals surface area contributed by atoms with Crippen LogP contribution in [0.3, 0.4) is 0 Å². The Morgan fingerprint density at radius 1 is 1.15 bits per heavy atom. The molecule has 20 heavy (non-hydrogen) atoms. The summed E-state index contributed by atoms with van der Waals surface area (Å²) >= 11 is 6.27. The fraction of sp³-hybridized carbons (Fsp3) is 0.294. The van der Waals surface area contributed by atoms with E-state index in [2.05, 4.69) is 13.0 Å². The molecule has 2 aromatic rings. The van der Waals surface area contributed by atoms with Crippen LogP contribution < -0.4 is 10.5 Å². The SMILES string of the molecule is CCc1cccc(Oc2ccc(CC(C)N)cc2Cl)c1. The second-order valence-electron chi connectivity index (χ2n) is 5.05. The van der Waals surface area contributed by atoms with Crippen molar-refractivity contribution in [3.63, 3.8) is 0 Å². The number of nitrogens with two attached hydrogens (primary N) is 1. The Kier molecular flexibility index (Phi) is 5.05. The van der Waals surface area contributed by atoms with Crippen LogP contribution in [0.2, 0.25) is 5.02 Å². The molecule has 3 heteroatoms. The zero-order valence-electron chi connectivity index (χ0n) is 11.9. The summed E-state index contributed by atoms with van der Waals surface area (Å²) in [5.74, 6) is 1.49. The number of halogens is 1. The normalized spacial score (nSPS) is 12.2. The smallest absolute Gasteiger partial charge is 0.146 e. The van der Waals surface area contributed by atoms with Crippen molar-refractivity contribution in [1.82, 2.24) is 0 Å². The Balaban J connectivity index is 2.16. The van der Waals surface area contributed by atoms with Crippen LogP contribution in [0.1, 0.15) is 25.0 Å². The fourth-order valence-corrected chi connectivity index (χ4v) is 2.32. The van der Waals surface area contributed by atoms with Crippen LogP contribution in [0.25, 0.3) is 0 Å². The van der Waals surface area contributed by atoms with Gasteiger partial charge in [-0.1, -0.05) is 36.7 Å². The first-order valence-electron chi connectivity index (χ1n) is 6.89. The van der Waals surface area contributed by atoms with E-state index in [0.29, 0.717) is 10.8 Å². The molecule has 0 aliphatic rings. The molecule has 0 bridgehead atoms. The highest BCUT2D eigenvalue weighted by molar-refractivity contribution is 6.32. The van der Waals surface area contributed by atoms with E-state index >= 15 is 0 Å². The monoisotopic (exact) mass is 289 g/mol. The molecule has 1 atom stereocenters. The van der Waals surface area contributed by atoms with Crippen molar-refractivity contribution in [2.75, 3.05) is 0 Å². The minimum atomic E-state index is 0.124. The third-order valence-corrected chi connectivity index (χ3v) is 3.38. The molecule has 1 unspecified atom stereocenters. The number of hydrogen-bond donors (Lipinski definition) is 1. The molecule has 0 saturated heterocycles. The van der Waals surface area contributed by atoms with E-state index in [1.165, 1.54) is 5.56 Å². The molecule has 0 amide bonds. The largest absolute Gasteiger partial charge is 0.456 e. The van der Waals surface area contributed by atoms with Crippen LogP contribution in [0, 0.1) is 0 Å². The summed E-state index contributed by atoms with van der Waals surface area (Å²) in [5, 5.41) is 0.616. The van der Waals surface area contributed by atoms with Crippen molar-refractivity contribution in [3.05, 3.63) is 58.6 Å². The highest BCUT2D eigenvalue weighted by Crippen LogP contribution is 2.30. The van der Waals surface area contributed by atoms with E-state index in [9.17, 15) is 0 Å². The van der Waals surface area contributed by atoms with E-state index < -0.39 is 0 Å². The minimum Gasteiger partial charge on any atom is -0.456 e. The van der Waals surface area contributed by atoms with E-state index in [-0.39, 0.29) is 6.04 Å². The Morgan fingerprint density at radius 3 is 2.60 bits per heavy atom. The number of ether oxygens (including phenoxy) is 1. The highest BCUT2D eigenvalue weighted by Gasteiger charge is 2.06. The van der Waals surface area contributed by atoms with Crippen LogP contribution in [0.15, 0.2) is 42.5 Å². The van der Waals surface area contributed by atoms with Gasteiger partial charge in [-0.15, -0.1) is 0 Å². The topological polar surface area (TPSA) is 35.2 Å². The molecule has 106 valence electrons. The molecule has 2 aromatic carbocycles. The maximum atomic E-state index is 6.27. The van der Waals surface area contributed by atoms with Gasteiger partial charge < -0.3 is 10.5 Å². The summed E-state index contributed by atoms with van der Waals surface area (Å²) in [6.07, 6.45) is 1.80. The first-order valence-corrected chi connectivity index (χ1v) is 7.27. The van der Waals surface area contributed by atoms with Crippen LogP contribution in [-0.4, -0.2) is 6.04 Å². The predicted octanol–water partition coefficient (Wildman–Crippen LogP) is 4.58. The van der Waals surface area contributed by atoms with Gasteiger partial charge in [-0.2, -0.15) is 0 Å². The third-order valence-electron chi connectivity index (χ3n) is 3.09. The van der Waals surface area contributed by atoms with Crippen LogP contribution in [0.5, 0.6) is 11.5 Å². The Morgan fingerprint density at radius 2 is 1.95 bits per heavy atom. The Bertz CT molecular complexity index is 581. The first kappa shape index (κ1) is 14.9. The van der Waals surface area contributed by atoms with Gasteiger partial charge in [0.2, 0.25) is 0 Å². The summed E-state index contributed by atoms with van der Waals surface area (Å²) in [6, 6.07) is 14.0. The van der Waals surface area contributed by atoms with E-state index in [4.69, 9.17) is 22.1 Å². The van der Waals surface area contributed by atoms with E-state index in [0.717, 1.165) is 24.2 Å². The lowest BCUT2D eigenvalue weighted by Gasteiger charge is -2.11. The zero-order valence-corrected chi connectivity index (χ0v) is 12.7. The molecular weight excluding hydrogens is 270 g/mol. The van der Waals surface area contributed by atoms with E-state index in [1.807, 2.05) is 43.3 Å². The number of benzene rings is 2. The molecule has 0 aromatic heterocycles. The average Bonchev–Trinajstić information content (AvgIpc) is 2.41. The lowest BCUT2D eigenvalue weighted by Crippen LogP contribution is -2.17. The molecule has 0 radical (unpaired) electrons. The van der Waals surface area contributed by atoms with Crippen molar-refractivity contribution < 1.29 is 4.74 Å². The summed E-state index contributed by atoms with van der Waals surface area (Å²) in [7, 11) is 0. The Labute approximate surface area is 125 Å². The number of rotatable bonds is 5. The maximum Gasteiger partial charge on any atom is 0.146 e. The molecule has 2 nitrogen and oxygen atoms in total. The van der Waals surface area contributed by atoms with Gasteiger partial charge in [-0.3, -0.25) is 0 Å². The van der Waals surface area contributed by atoms with Gasteiger partial charge >= 0.3 is 0 Å². The predicted molar refractivity (Wildman–Crippen MR) is 84.7 cm³/mol. The molecule has 2 N–H and O–H groups in total. The molecule has 0 fully saturated rings. The van der Waals surface area contributed by atoms with Gasteiger partial charge in [-0.05, 0) is 55.2 Å². The average molecular weight is 290 g/mol. The van der Waals surface area contributed by atoms with Gasteiger partial charge in [0.05, 0.1) is 5.02 Å². The quantitative estimate of drug-likeness (QED) is 0.874. The fourth-order valence-electron chi connectivity index (χ4n) is 2.08. The van der Waals surface area contributed by atoms with E-state index in [1.54, 1.807) is 0 Å². The second-order valence-corrected chi connectivity index (χ2v) is 5.46. The molecule has 0 aliphatic carbocycles. The van der Waals surface area contributed by atoms with Gasteiger partial charge in [0.25, 0.3) is 0 Å². The minimum absolute atomic E-state index is 0.124. The lowest BCUT2D eigenvalue weighted by molar-refractivity contribution is 0.482. The molecule has 0 saturated carbocycles. The van der Waals surface area contributed by atoms with Gasteiger partial charge in [0.15, 0.2) is 0 Å². The second kappa shape index (κ2) is 6.78. The number of hydrogen-bond acceptors (Lipinski definition) is 2. The highest BCUT2D eigenvalue weighted by atomic mass is 35.5. The first-order chi connectivity index (χ1) is 9.58. The molecule has 0 aliphatic heterocycles. The van der Waals surface area contributed by atoms with Crippen LogP contribution in [-0.2, 0) is 12.8 Å². The molecule has 2 rings (SSSR count). The van der Waals surface area contributed by atoms with Crippen molar-refractivity contribution in [2.24, 2.45) is 5.73 Å². The van der Waals surface area contributed by atoms with Gasteiger partial charge in [0.1, 0.15) is 11.5 Å². The van der Waals surface area contributed by atoms with Crippen molar-refractivity contribution in [2.45, 2.75) is 32.7 Å². The van der Waals surface area contributed by atoms with Crippen LogP contribution >= 0.6 is 11.6 Å². The summed E-state index contributed by atoms with van der Waals surface area (Å²) in [5.41, 5.74) is 8.16.